The van der Waals surface area contributed by atoms with Gasteiger partial charge in [-0.15, -0.1) is 0 Å². The molecule has 1 rings (SSSR count). The number of hydrogen-bond donors (Lipinski definition) is 1. The standard InChI is InChI=1S/C11H24N2O2S/c1-11(2)10-12-4-3-5-13-6-8-16(14,15)9-7-13/h11-12H,3-10H2,1-2H3. The number of rotatable bonds is 6. The summed E-state index contributed by atoms with van der Waals surface area (Å²) in [6.45, 7) is 8.93. The first kappa shape index (κ1) is 13.9. The van der Waals surface area contributed by atoms with Gasteiger partial charge < -0.3 is 10.2 Å². The lowest BCUT2D eigenvalue weighted by Gasteiger charge is -2.26. The average Bonchev–Trinajstić information content (AvgIpc) is 2.19. The van der Waals surface area contributed by atoms with Crippen LogP contribution in [0.5, 0.6) is 0 Å². The zero-order valence-electron chi connectivity index (χ0n) is 10.4. The maximum Gasteiger partial charge on any atom is 0.152 e. The Morgan fingerprint density at radius 1 is 1.25 bits per heavy atom. The molecule has 0 aromatic carbocycles. The highest BCUT2D eigenvalue weighted by Gasteiger charge is 2.20. The third-order valence-electron chi connectivity index (χ3n) is 2.82. The molecule has 0 aromatic rings. The molecular formula is C11H24N2O2S. The Morgan fingerprint density at radius 3 is 2.44 bits per heavy atom. The van der Waals surface area contributed by atoms with Crippen molar-refractivity contribution in [2.24, 2.45) is 5.92 Å². The van der Waals surface area contributed by atoms with Gasteiger partial charge in [0.25, 0.3) is 0 Å². The highest BCUT2D eigenvalue weighted by Crippen LogP contribution is 2.03. The molecule has 1 fully saturated rings. The SMILES string of the molecule is CC(C)CNCCCN1CCS(=O)(=O)CC1. The summed E-state index contributed by atoms with van der Waals surface area (Å²) in [4.78, 5) is 2.25. The average molecular weight is 248 g/mol. The Balaban J connectivity index is 2.02. The van der Waals surface area contributed by atoms with Gasteiger partial charge in [0.15, 0.2) is 9.84 Å². The Labute approximate surface area is 99.3 Å². The normalized spacial score (nSPS) is 21.4. The second kappa shape index (κ2) is 6.57. The molecule has 0 aromatic heterocycles. The highest BCUT2D eigenvalue weighted by molar-refractivity contribution is 7.91. The van der Waals surface area contributed by atoms with E-state index in [2.05, 4.69) is 24.1 Å². The second-order valence-electron chi connectivity index (χ2n) is 4.94. The van der Waals surface area contributed by atoms with Crippen molar-refractivity contribution in [2.45, 2.75) is 20.3 Å². The van der Waals surface area contributed by atoms with E-state index in [4.69, 9.17) is 0 Å². The first-order valence-corrected chi connectivity index (χ1v) is 7.95. The number of hydrogen-bond acceptors (Lipinski definition) is 4. The molecule has 0 saturated carbocycles. The van der Waals surface area contributed by atoms with E-state index in [0.29, 0.717) is 30.5 Å². The predicted octanol–water partition coefficient (Wildman–Crippen LogP) is 0.353. The fourth-order valence-corrected chi connectivity index (χ4v) is 3.07. The van der Waals surface area contributed by atoms with Crippen LogP contribution in [-0.2, 0) is 9.84 Å². The van der Waals surface area contributed by atoms with Crippen molar-refractivity contribution in [2.75, 3.05) is 44.2 Å². The predicted molar refractivity (Wildman–Crippen MR) is 67.4 cm³/mol. The van der Waals surface area contributed by atoms with Gasteiger partial charge in [-0.1, -0.05) is 13.8 Å². The fourth-order valence-electron chi connectivity index (χ4n) is 1.79. The lowest BCUT2D eigenvalue weighted by molar-refractivity contribution is 0.289. The van der Waals surface area contributed by atoms with Crippen molar-refractivity contribution in [3.05, 3.63) is 0 Å². The van der Waals surface area contributed by atoms with E-state index in [1.165, 1.54) is 0 Å². The zero-order chi connectivity index (χ0) is 12.0. The van der Waals surface area contributed by atoms with Crippen molar-refractivity contribution >= 4 is 9.84 Å². The van der Waals surface area contributed by atoms with Crippen LogP contribution in [0.4, 0.5) is 0 Å². The third kappa shape index (κ3) is 5.82. The van der Waals surface area contributed by atoms with E-state index in [1.54, 1.807) is 0 Å². The summed E-state index contributed by atoms with van der Waals surface area (Å²) in [5.41, 5.74) is 0. The molecule has 0 unspecified atom stereocenters. The Bertz CT molecular complexity index is 274. The summed E-state index contributed by atoms with van der Waals surface area (Å²) in [5, 5.41) is 3.40. The van der Waals surface area contributed by atoms with Gasteiger partial charge in [-0.3, -0.25) is 0 Å². The van der Waals surface area contributed by atoms with Gasteiger partial charge in [-0.2, -0.15) is 0 Å². The monoisotopic (exact) mass is 248 g/mol. The second-order valence-corrected chi connectivity index (χ2v) is 7.25. The van der Waals surface area contributed by atoms with E-state index in [9.17, 15) is 8.42 Å². The van der Waals surface area contributed by atoms with Crippen LogP contribution in [0.3, 0.4) is 0 Å². The molecule has 0 spiro atoms. The highest BCUT2D eigenvalue weighted by atomic mass is 32.2. The molecule has 0 aliphatic carbocycles. The van der Waals surface area contributed by atoms with Crippen molar-refractivity contribution in [3.63, 3.8) is 0 Å². The molecule has 0 amide bonds. The summed E-state index contributed by atoms with van der Waals surface area (Å²) in [5.74, 6) is 1.37. The molecule has 1 heterocycles. The minimum atomic E-state index is -2.72. The first-order chi connectivity index (χ1) is 7.49. The zero-order valence-corrected chi connectivity index (χ0v) is 11.2. The first-order valence-electron chi connectivity index (χ1n) is 6.13. The number of sulfone groups is 1. The molecular weight excluding hydrogens is 224 g/mol. The van der Waals surface area contributed by atoms with Crippen LogP contribution in [-0.4, -0.2) is 57.5 Å². The van der Waals surface area contributed by atoms with E-state index in [-0.39, 0.29) is 0 Å². The van der Waals surface area contributed by atoms with Crippen LogP contribution < -0.4 is 5.32 Å². The van der Waals surface area contributed by atoms with Gasteiger partial charge in [0.05, 0.1) is 11.5 Å². The molecule has 4 nitrogen and oxygen atoms in total. The van der Waals surface area contributed by atoms with Crippen LogP contribution in [0.15, 0.2) is 0 Å². The van der Waals surface area contributed by atoms with Crippen LogP contribution in [0.2, 0.25) is 0 Å². The summed E-state index contributed by atoms with van der Waals surface area (Å²) in [6.07, 6.45) is 1.10. The van der Waals surface area contributed by atoms with Gasteiger partial charge in [0.2, 0.25) is 0 Å². The van der Waals surface area contributed by atoms with E-state index < -0.39 is 9.84 Å². The van der Waals surface area contributed by atoms with Crippen LogP contribution >= 0.6 is 0 Å². The van der Waals surface area contributed by atoms with Crippen LogP contribution in [0, 0.1) is 5.92 Å². The molecule has 0 atom stereocenters. The molecule has 0 radical (unpaired) electrons. The largest absolute Gasteiger partial charge is 0.316 e. The molecule has 1 aliphatic rings. The summed E-state index contributed by atoms with van der Waals surface area (Å²) < 4.78 is 22.4. The van der Waals surface area contributed by atoms with Crippen LogP contribution in [0.25, 0.3) is 0 Å². The molecule has 5 heteroatoms. The minimum absolute atomic E-state index is 0.340. The summed E-state index contributed by atoms with van der Waals surface area (Å²) >= 11 is 0. The molecule has 1 aliphatic heterocycles. The lowest BCUT2D eigenvalue weighted by atomic mass is 10.2. The molecule has 1 saturated heterocycles. The van der Waals surface area contributed by atoms with Gasteiger partial charge in [-0.05, 0) is 32.0 Å². The van der Waals surface area contributed by atoms with Gasteiger partial charge in [0.1, 0.15) is 0 Å². The fraction of sp³-hybridized carbons (Fsp3) is 1.00. The van der Waals surface area contributed by atoms with Gasteiger partial charge in [-0.25, -0.2) is 8.42 Å². The van der Waals surface area contributed by atoms with Gasteiger partial charge >= 0.3 is 0 Å². The van der Waals surface area contributed by atoms with E-state index in [1.807, 2.05) is 0 Å². The van der Waals surface area contributed by atoms with Crippen molar-refractivity contribution in [3.8, 4) is 0 Å². The third-order valence-corrected chi connectivity index (χ3v) is 4.43. The van der Waals surface area contributed by atoms with Gasteiger partial charge in [0, 0.05) is 13.1 Å². The lowest BCUT2D eigenvalue weighted by Crippen LogP contribution is -2.41. The topological polar surface area (TPSA) is 49.4 Å². The Hall–Kier alpha value is -0.130. The Morgan fingerprint density at radius 2 is 1.88 bits per heavy atom. The van der Waals surface area contributed by atoms with Crippen LogP contribution in [0.1, 0.15) is 20.3 Å². The molecule has 1 N–H and O–H groups in total. The molecule has 0 bridgehead atoms. The van der Waals surface area contributed by atoms with E-state index in [0.717, 1.165) is 26.1 Å². The van der Waals surface area contributed by atoms with Crippen molar-refractivity contribution < 1.29 is 8.42 Å². The smallest absolute Gasteiger partial charge is 0.152 e. The summed E-state index contributed by atoms with van der Waals surface area (Å²) in [6, 6.07) is 0. The Kier molecular flexibility index (Phi) is 5.72. The quantitative estimate of drug-likeness (QED) is 0.689. The minimum Gasteiger partial charge on any atom is -0.316 e. The summed E-state index contributed by atoms with van der Waals surface area (Å²) in [7, 11) is -2.72. The maximum absolute atomic E-state index is 11.2. The number of nitrogens with zero attached hydrogens (tertiary/aromatic N) is 1. The molecule has 16 heavy (non-hydrogen) atoms. The van der Waals surface area contributed by atoms with Crippen molar-refractivity contribution in [1.29, 1.82) is 0 Å². The van der Waals surface area contributed by atoms with Crippen molar-refractivity contribution in [1.82, 2.24) is 10.2 Å². The maximum atomic E-state index is 11.2. The molecule has 96 valence electrons. The van der Waals surface area contributed by atoms with E-state index >= 15 is 0 Å². The number of nitrogens with one attached hydrogen (secondary N) is 1.